The van der Waals surface area contributed by atoms with Gasteiger partial charge in [-0.05, 0) is 31.0 Å². The highest BCUT2D eigenvalue weighted by Crippen LogP contribution is 2.17. The van der Waals surface area contributed by atoms with Crippen molar-refractivity contribution in [2.24, 2.45) is 4.99 Å². The first-order chi connectivity index (χ1) is 12.1. The van der Waals surface area contributed by atoms with Crippen LogP contribution in [0.4, 0.5) is 0 Å². The number of hydrogen-bond acceptors (Lipinski definition) is 4. The highest BCUT2D eigenvalue weighted by atomic mass is 127. The molecule has 0 radical (unpaired) electrons. The van der Waals surface area contributed by atoms with Gasteiger partial charge in [-0.15, -0.1) is 24.0 Å². The Balaban J connectivity index is 0.00000338. The zero-order chi connectivity index (χ0) is 18.1. The van der Waals surface area contributed by atoms with Crippen LogP contribution >= 0.6 is 24.0 Å². The minimum Gasteiger partial charge on any atom is -0.489 e. The second-order valence-corrected chi connectivity index (χ2v) is 5.71. The van der Waals surface area contributed by atoms with Gasteiger partial charge in [0, 0.05) is 25.9 Å². The van der Waals surface area contributed by atoms with Crippen molar-refractivity contribution in [3.63, 3.8) is 0 Å². The molecule has 1 atom stereocenters. The van der Waals surface area contributed by atoms with Gasteiger partial charge in [0.15, 0.2) is 5.96 Å². The Hall–Kier alpha value is -2.03. The second-order valence-electron chi connectivity index (χ2n) is 5.71. The number of ether oxygens (including phenoxy) is 2. The monoisotopic (exact) mass is 470 g/mol. The molecule has 1 aromatic heterocycles. The molecule has 2 rings (SSSR count). The number of benzene rings is 1. The Kier molecular flexibility index (Phi) is 9.79. The lowest BCUT2D eigenvalue weighted by Gasteiger charge is -2.18. The first-order valence-corrected chi connectivity index (χ1v) is 8.28. The lowest BCUT2D eigenvalue weighted by Crippen LogP contribution is -2.41. The minimum atomic E-state index is 0. The Morgan fingerprint density at radius 1 is 1.19 bits per heavy atom. The van der Waals surface area contributed by atoms with Crippen molar-refractivity contribution >= 4 is 29.9 Å². The molecule has 0 aliphatic carbocycles. The smallest absolute Gasteiger partial charge is 0.212 e. The topological polar surface area (TPSA) is 67.8 Å². The molecule has 0 spiro atoms. The molecule has 1 heterocycles. The van der Waals surface area contributed by atoms with Gasteiger partial charge in [0.2, 0.25) is 5.88 Å². The summed E-state index contributed by atoms with van der Waals surface area (Å²) in [5.41, 5.74) is 2.18. The van der Waals surface area contributed by atoms with Crippen molar-refractivity contribution in [1.29, 1.82) is 0 Å². The van der Waals surface area contributed by atoms with Gasteiger partial charge in [-0.25, -0.2) is 4.98 Å². The Labute approximate surface area is 172 Å². The van der Waals surface area contributed by atoms with Crippen LogP contribution in [-0.2, 0) is 6.54 Å². The maximum absolute atomic E-state index is 5.96. The van der Waals surface area contributed by atoms with Gasteiger partial charge in [-0.3, -0.25) is 4.99 Å². The average molecular weight is 470 g/mol. The van der Waals surface area contributed by atoms with Gasteiger partial charge in [-0.1, -0.05) is 24.3 Å². The van der Waals surface area contributed by atoms with Crippen molar-refractivity contribution in [3.05, 3.63) is 53.7 Å². The van der Waals surface area contributed by atoms with Gasteiger partial charge in [-0.2, -0.15) is 0 Å². The number of nitrogens with one attached hydrogen (secondary N) is 2. The van der Waals surface area contributed by atoms with Crippen LogP contribution in [0, 0.1) is 6.92 Å². The second kappa shape index (κ2) is 11.6. The summed E-state index contributed by atoms with van der Waals surface area (Å²) >= 11 is 0. The number of aromatic nitrogens is 1. The molecule has 0 bridgehead atoms. The van der Waals surface area contributed by atoms with Crippen LogP contribution in [0.25, 0.3) is 0 Å². The lowest BCUT2D eigenvalue weighted by atomic mass is 10.2. The van der Waals surface area contributed by atoms with Gasteiger partial charge < -0.3 is 20.1 Å². The molecule has 0 fully saturated rings. The molecule has 26 heavy (non-hydrogen) atoms. The first-order valence-electron chi connectivity index (χ1n) is 8.28. The minimum absolute atomic E-state index is 0. The van der Waals surface area contributed by atoms with Crippen molar-refractivity contribution in [2.75, 3.05) is 20.7 Å². The highest BCUT2D eigenvalue weighted by Gasteiger charge is 2.07. The fourth-order valence-corrected chi connectivity index (χ4v) is 2.23. The highest BCUT2D eigenvalue weighted by molar-refractivity contribution is 14.0. The number of para-hydroxylation sites is 1. The van der Waals surface area contributed by atoms with E-state index >= 15 is 0 Å². The molecule has 0 saturated heterocycles. The standard InChI is InChI=1S/C19H26N4O2.HI/c1-14-7-5-6-8-17(14)25-15(2)11-22-19(20-3)23-13-16-9-10-18(24-4)21-12-16;/h5-10,12,15H,11,13H2,1-4H3,(H2,20,22,23);1H. The number of halogens is 1. The molecular weight excluding hydrogens is 443 g/mol. The van der Waals surface area contributed by atoms with Crippen molar-refractivity contribution in [1.82, 2.24) is 15.6 Å². The quantitative estimate of drug-likeness (QED) is 0.370. The lowest BCUT2D eigenvalue weighted by molar-refractivity contribution is 0.222. The largest absolute Gasteiger partial charge is 0.489 e. The van der Waals surface area contributed by atoms with E-state index in [0.717, 1.165) is 22.8 Å². The summed E-state index contributed by atoms with van der Waals surface area (Å²) in [7, 11) is 3.35. The van der Waals surface area contributed by atoms with E-state index in [1.54, 1.807) is 20.4 Å². The molecule has 1 aromatic carbocycles. The summed E-state index contributed by atoms with van der Waals surface area (Å²) in [6, 6.07) is 11.8. The summed E-state index contributed by atoms with van der Waals surface area (Å²) in [5, 5.41) is 6.53. The Bertz CT molecular complexity index is 692. The molecule has 0 saturated carbocycles. The number of rotatable bonds is 7. The van der Waals surface area contributed by atoms with Crippen molar-refractivity contribution in [2.45, 2.75) is 26.5 Å². The maximum Gasteiger partial charge on any atom is 0.212 e. The van der Waals surface area contributed by atoms with Crippen LogP contribution in [-0.4, -0.2) is 37.7 Å². The van der Waals surface area contributed by atoms with Crippen LogP contribution in [0.3, 0.4) is 0 Å². The van der Waals surface area contributed by atoms with Gasteiger partial charge in [0.25, 0.3) is 0 Å². The molecule has 0 amide bonds. The number of guanidine groups is 1. The van der Waals surface area contributed by atoms with E-state index in [2.05, 4.69) is 20.6 Å². The third-order valence-corrected chi connectivity index (χ3v) is 3.67. The zero-order valence-corrected chi connectivity index (χ0v) is 18.0. The molecule has 142 valence electrons. The fraction of sp³-hybridized carbons (Fsp3) is 0.368. The summed E-state index contributed by atoms with van der Waals surface area (Å²) < 4.78 is 11.0. The molecule has 2 aromatic rings. The molecule has 6 nitrogen and oxygen atoms in total. The normalized spacial score (nSPS) is 11.9. The molecule has 2 N–H and O–H groups in total. The fourth-order valence-electron chi connectivity index (χ4n) is 2.23. The zero-order valence-electron chi connectivity index (χ0n) is 15.7. The first kappa shape index (κ1) is 22.0. The van der Waals surface area contributed by atoms with E-state index in [1.165, 1.54) is 0 Å². The summed E-state index contributed by atoms with van der Waals surface area (Å²) in [6.45, 7) is 5.34. The van der Waals surface area contributed by atoms with Crippen LogP contribution < -0.4 is 20.1 Å². The maximum atomic E-state index is 5.96. The number of methoxy groups -OCH3 is 1. The Morgan fingerprint density at radius 3 is 2.58 bits per heavy atom. The van der Waals surface area contributed by atoms with Gasteiger partial charge in [0.1, 0.15) is 11.9 Å². The third-order valence-electron chi connectivity index (χ3n) is 3.67. The van der Waals surface area contributed by atoms with E-state index in [1.807, 2.05) is 50.2 Å². The van der Waals surface area contributed by atoms with E-state index in [0.29, 0.717) is 19.0 Å². The van der Waals surface area contributed by atoms with Gasteiger partial charge in [0.05, 0.1) is 13.7 Å². The molecule has 0 aliphatic heterocycles. The SMILES string of the molecule is CN=C(NCc1ccc(OC)nc1)NCC(C)Oc1ccccc1C.I. The predicted molar refractivity (Wildman–Crippen MR) is 116 cm³/mol. The van der Waals surface area contributed by atoms with Crippen LogP contribution in [0.5, 0.6) is 11.6 Å². The van der Waals surface area contributed by atoms with Gasteiger partial charge >= 0.3 is 0 Å². The summed E-state index contributed by atoms with van der Waals surface area (Å²) in [6.07, 6.45) is 1.80. The van der Waals surface area contributed by atoms with Crippen LogP contribution in [0.15, 0.2) is 47.6 Å². The van der Waals surface area contributed by atoms with Crippen LogP contribution in [0.2, 0.25) is 0 Å². The number of aryl methyl sites for hydroxylation is 1. The summed E-state index contributed by atoms with van der Waals surface area (Å²) in [4.78, 5) is 8.41. The Morgan fingerprint density at radius 2 is 1.96 bits per heavy atom. The van der Waals surface area contributed by atoms with E-state index in [4.69, 9.17) is 9.47 Å². The van der Waals surface area contributed by atoms with Crippen molar-refractivity contribution in [3.8, 4) is 11.6 Å². The molecule has 7 heteroatoms. The molecule has 1 unspecified atom stereocenters. The summed E-state index contributed by atoms with van der Waals surface area (Å²) in [5.74, 6) is 2.23. The van der Waals surface area contributed by atoms with Crippen molar-refractivity contribution < 1.29 is 9.47 Å². The number of nitrogens with zero attached hydrogens (tertiary/aromatic N) is 2. The van der Waals surface area contributed by atoms with E-state index < -0.39 is 0 Å². The van der Waals surface area contributed by atoms with Crippen LogP contribution in [0.1, 0.15) is 18.1 Å². The van der Waals surface area contributed by atoms with E-state index in [9.17, 15) is 0 Å². The average Bonchev–Trinajstić information content (AvgIpc) is 2.64. The third kappa shape index (κ3) is 7.07. The molecular formula is C19H27IN4O2. The predicted octanol–water partition coefficient (Wildman–Crippen LogP) is 3.15. The van der Waals surface area contributed by atoms with E-state index in [-0.39, 0.29) is 30.1 Å². The number of aliphatic imine (C=N–C) groups is 1. The number of pyridine rings is 1. The number of hydrogen-bond donors (Lipinski definition) is 2. The molecule has 0 aliphatic rings.